The van der Waals surface area contributed by atoms with Gasteiger partial charge in [0.15, 0.2) is 6.29 Å². The molecule has 0 radical (unpaired) electrons. The highest BCUT2D eigenvalue weighted by atomic mass is 32.2. The minimum Gasteiger partial charge on any atom is -0.356 e. The number of methoxy groups -OCH3 is 2. The molecule has 8 nitrogen and oxygen atoms in total. The zero-order valence-corrected chi connectivity index (χ0v) is 13.9. The second kappa shape index (κ2) is 7.35. The molecule has 9 heteroatoms. The van der Waals surface area contributed by atoms with Crippen LogP contribution in [0, 0.1) is 16.0 Å². The van der Waals surface area contributed by atoms with Crippen LogP contribution in [-0.4, -0.2) is 51.2 Å². The summed E-state index contributed by atoms with van der Waals surface area (Å²) in [6, 6.07) is 4.94. The van der Waals surface area contributed by atoms with Gasteiger partial charge >= 0.3 is 0 Å². The van der Waals surface area contributed by atoms with Gasteiger partial charge in [-0.15, -0.1) is 0 Å². The van der Waals surface area contributed by atoms with Crippen LogP contribution in [0.1, 0.15) is 12.8 Å². The summed E-state index contributed by atoms with van der Waals surface area (Å²) in [5, 5.41) is 10.6. The maximum Gasteiger partial charge on any atom is 0.269 e. The molecule has 23 heavy (non-hydrogen) atoms. The number of sulfonamides is 1. The van der Waals surface area contributed by atoms with Crippen LogP contribution in [0.3, 0.4) is 0 Å². The van der Waals surface area contributed by atoms with Crippen LogP contribution < -0.4 is 0 Å². The maximum atomic E-state index is 12.6. The molecule has 1 aromatic rings. The second-order valence-corrected chi connectivity index (χ2v) is 7.27. The van der Waals surface area contributed by atoms with Crippen molar-refractivity contribution in [2.45, 2.75) is 24.0 Å². The van der Waals surface area contributed by atoms with Crippen molar-refractivity contribution in [2.75, 3.05) is 27.3 Å². The van der Waals surface area contributed by atoms with Gasteiger partial charge in [-0.25, -0.2) is 8.42 Å². The van der Waals surface area contributed by atoms with Gasteiger partial charge in [-0.2, -0.15) is 4.31 Å². The first-order valence-corrected chi connectivity index (χ1v) is 8.64. The molecule has 0 aliphatic carbocycles. The van der Waals surface area contributed by atoms with E-state index in [-0.39, 0.29) is 22.8 Å². The van der Waals surface area contributed by atoms with E-state index in [1.54, 1.807) is 14.2 Å². The molecule has 0 atom stereocenters. The SMILES string of the molecule is COC(OC)C1CCN(S(=O)(=O)c2ccc([N+](=O)[O-])cc2)CC1. The summed E-state index contributed by atoms with van der Waals surface area (Å²) >= 11 is 0. The fourth-order valence-corrected chi connectivity index (χ4v) is 4.23. The van der Waals surface area contributed by atoms with Crippen molar-refractivity contribution in [1.82, 2.24) is 4.31 Å². The molecule has 0 unspecified atom stereocenters. The molecule has 1 saturated heterocycles. The van der Waals surface area contributed by atoms with E-state index in [0.29, 0.717) is 25.9 Å². The molecule has 1 heterocycles. The van der Waals surface area contributed by atoms with E-state index >= 15 is 0 Å². The smallest absolute Gasteiger partial charge is 0.269 e. The van der Waals surface area contributed by atoms with E-state index in [1.165, 1.54) is 28.6 Å². The third-order valence-corrected chi connectivity index (χ3v) is 5.95. The number of non-ortho nitro benzene ring substituents is 1. The molecule has 128 valence electrons. The Labute approximate surface area is 135 Å². The fraction of sp³-hybridized carbons (Fsp3) is 0.571. The molecular formula is C14H20N2O6S. The lowest BCUT2D eigenvalue weighted by Gasteiger charge is -2.34. The van der Waals surface area contributed by atoms with E-state index in [1.807, 2.05) is 0 Å². The van der Waals surface area contributed by atoms with Crippen LogP contribution in [0.25, 0.3) is 0 Å². The van der Waals surface area contributed by atoms with Gasteiger partial charge in [-0.05, 0) is 25.0 Å². The van der Waals surface area contributed by atoms with Crippen molar-refractivity contribution in [3.63, 3.8) is 0 Å². The van der Waals surface area contributed by atoms with Crippen molar-refractivity contribution < 1.29 is 22.8 Å². The number of hydrogen-bond donors (Lipinski definition) is 0. The number of ether oxygens (including phenoxy) is 2. The lowest BCUT2D eigenvalue weighted by atomic mass is 9.97. The maximum absolute atomic E-state index is 12.6. The summed E-state index contributed by atoms with van der Waals surface area (Å²) in [6.07, 6.45) is 0.941. The number of piperidine rings is 1. The van der Waals surface area contributed by atoms with Crippen LogP contribution in [0.15, 0.2) is 29.2 Å². The highest BCUT2D eigenvalue weighted by molar-refractivity contribution is 7.89. The molecule has 0 aromatic heterocycles. The molecule has 1 aromatic carbocycles. The quantitative estimate of drug-likeness (QED) is 0.442. The van der Waals surface area contributed by atoms with E-state index < -0.39 is 14.9 Å². The number of benzene rings is 1. The normalized spacial score (nSPS) is 17.5. The molecule has 1 aliphatic heterocycles. The van der Waals surface area contributed by atoms with Gasteiger partial charge in [0.25, 0.3) is 5.69 Å². The minimum atomic E-state index is -3.64. The minimum absolute atomic E-state index is 0.0663. The van der Waals surface area contributed by atoms with Crippen LogP contribution in [0.4, 0.5) is 5.69 Å². The van der Waals surface area contributed by atoms with Gasteiger partial charge in [0, 0.05) is 45.4 Å². The van der Waals surface area contributed by atoms with Crippen molar-refractivity contribution in [3.8, 4) is 0 Å². The van der Waals surface area contributed by atoms with Gasteiger partial charge in [0.1, 0.15) is 0 Å². The van der Waals surface area contributed by atoms with Crippen LogP contribution in [0.2, 0.25) is 0 Å². The molecule has 0 bridgehead atoms. The predicted octanol–water partition coefficient (Wildman–Crippen LogP) is 1.61. The molecule has 0 N–H and O–H groups in total. The van der Waals surface area contributed by atoms with Crippen LogP contribution >= 0.6 is 0 Å². The zero-order valence-electron chi connectivity index (χ0n) is 13.0. The Kier molecular flexibility index (Phi) is 5.69. The first-order chi connectivity index (χ1) is 10.9. The fourth-order valence-electron chi connectivity index (χ4n) is 2.76. The highest BCUT2D eigenvalue weighted by Crippen LogP contribution is 2.27. The third-order valence-electron chi connectivity index (χ3n) is 4.03. The molecule has 0 spiro atoms. The zero-order chi connectivity index (χ0) is 17.0. The van der Waals surface area contributed by atoms with Crippen molar-refractivity contribution in [1.29, 1.82) is 0 Å². The Morgan fingerprint density at radius 2 is 1.70 bits per heavy atom. The van der Waals surface area contributed by atoms with Gasteiger partial charge in [-0.3, -0.25) is 10.1 Å². The Morgan fingerprint density at radius 1 is 1.17 bits per heavy atom. The molecule has 0 amide bonds. The number of hydrogen-bond acceptors (Lipinski definition) is 6. The predicted molar refractivity (Wildman–Crippen MR) is 82.4 cm³/mol. The standard InChI is InChI=1S/C14H20N2O6S/c1-21-14(22-2)11-7-9-15(10-8-11)23(19,20)13-5-3-12(4-6-13)16(17)18/h3-6,11,14H,7-10H2,1-2H3. The van der Waals surface area contributed by atoms with Crippen molar-refractivity contribution >= 4 is 15.7 Å². The lowest BCUT2D eigenvalue weighted by molar-refractivity contribution is -0.384. The first-order valence-electron chi connectivity index (χ1n) is 7.20. The van der Waals surface area contributed by atoms with Crippen LogP contribution in [0.5, 0.6) is 0 Å². The number of rotatable bonds is 6. The molecule has 1 fully saturated rings. The largest absolute Gasteiger partial charge is 0.356 e. The highest BCUT2D eigenvalue weighted by Gasteiger charge is 2.32. The Balaban J connectivity index is 2.08. The van der Waals surface area contributed by atoms with Crippen molar-refractivity contribution in [2.24, 2.45) is 5.92 Å². The monoisotopic (exact) mass is 344 g/mol. The third kappa shape index (κ3) is 3.86. The summed E-state index contributed by atoms with van der Waals surface area (Å²) < 4.78 is 37.0. The average molecular weight is 344 g/mol. The number of nitrogens with zero attached hydrogens (tertiary/aromatic N) is 2. The van der Waals surface area contributed by atoms with E-state index in [9.17, 15) is 18.5 Å². The summed E-state index contributed by atoms with van der Waals surface area (Å²) in [4.78, 5) is 10.2. The van der Waals surface area contributed by atoms with E-state index in [4.69, 9.17) is 9.47 Å². The average Bonchev–Trinajstić information content (AvgIpc) is 2.56. The van der Waals surface area contributed by atoms with Gasteiger partial charge < -0.3 is 9.47 Å². The second-order valence-electron chi connectivity index (χ2n) is 5.33. The van der Waals surface area contributed by atoms with Gasteiger partial charge in [0.05, 0.1) is 9.82 Å². The Bertz CT molecular complexity index is 634. The molecule has 0 saturated carbocycles. The lowest BCUT2D eigenvalue weighted by Crippen LogP contribution is -2.42. The van der Waals surface area contributed by atoms with E-state index in [2.05, 4.69) is 0 Å². The Morgan fingerprint density at radius 3 is 2.13 bits per heavy atom. The first kappa shape index (κ1) is 17.8. The summed E-state index contributed by atoms with van der Waals surface area (Å²) in [5.74, 6) is 0.147. The van der Waals surface area contributed by atoms with E-state index in [0.717, 1.165) is 0 Å². The topological polar surface area (TPSA) is 99.0 Å². The summed E-state index contributed by atoms with van der Waals surface area (Å²) in [7, 11) is -0.511. The van der Waals surface area contributed by atoms with Crippen LogP contribution in [-0.2, 0) is 19.5 Å². The van der Waals surface area contributed by atoms with Crippen molar-refractivity contribution in [3.05, 3.63) is 34.4 Å². The summed E-state index contributed by atoms with van der Waals surface area (Å²) in [6.45, 7) is 0.737. The molecular weight excluding hydrogens is 324 g/mol. The number of nitro groups is 1. The van der Waals surface area contributed by atoms with Gasteiger partial charge in [0.2, 0.25) is 10.0 Å². The Hall–Kier alpha value is -1.55. The molecule has 1 aliphatic rings. The number of nitro benzene ring substituents is 1. The summed E-state index contributed by atoms with van der Waals surface area (Å²) in [5.41, 5.74) is -0.134. The van der Waals surface area contributed by atoms with Gasteiger partial charge in [-0.1, -0.05) is 0 Å². The molecule has 2 rings (SSSR count).